The van der Waals surface area contributed by atoms with Gasteiger partial charge in [0.25, 0.3) is 0 Å². The number of ether oxygens (including phenoxy) is 1. The summed E-state index contributed by atoms with van der Waals surface area (Å²) in [5, 5.41) is 2.84. The topological polar surface area (TPSA) is 79.0 Å². The molecule has 8 heteroatoms. The highest BCUT2D eigenvalue weighted by molar-refractivity contribution is 7.89. The summed E-state index contributed by atoms with van der Waals surface area (Å²) in [5.41, 5.74) is 0. The maximum Gasteiger partial charge on any atom is 0.317 e. The molecule has 1 aliphatic heterocycles. The second kappa shape index (κ2) is 7.85. The van der Waals surface area contributed by atoms with Gasteiger partial charge in [0.2, 0.25) is 10.0 Å². The number of benzene rings is 1. The highest BCUT2D eigenvalue weighted by atomic mass is 32.2. The summed E-state index contributed by atoms with van der Waals surface area (Å²) in [4.78, 5) is 13.9. The zero-order valence-corrected chi connectivity index (χ0v) is 15.2. The zero-order valence-electron chi connectivity index (χ0n) is 14.4. The molecule has 1 fully saturated rings. The lowest BCUT2D eigenvalue weighted by Crippen LogP contribution is -2.44. The van der Waals surface area contributed by atoms with Gasteiger partial charge in [0.05, 0.1) is 7.11 Å². The number of urea groups is 1. The van der Waals surface area contributed by atoms with E-state index in [1.54, 1.807) is 29.2 Å². The minimum Gasteiger partial charge on any atom is -0.495 e. The molecule has 1 heterocycles. The lowest BCUT2D eigenvalue weighted by Gasteiger charge is -2.23. The second-order valence-electron chi connectivity index (χ2n) is 6.00. The van der Waals surface area contributed by atoms with Crippen molar-refractivity contribution in [3.63, 3.8) is 0 Å². The molecule has 1 N–H and O–H groups in total. The van der Waals surface area contributed by atoms with Gasteiger partial charge in [-0.25, -0.2) is 13.2 Å². The van der Waals surface area contributed by atoms with Crippen LogP contribution in [0.1, 0.15) is 20.3 Å². The molecule has 0 aliphatic carbocycles. The largest absolute Gasteiger partial charge is 0.495 e. The fourth-order valence-electron chi connectivity index (χ4n) is 2.65. The maximum atomic E-state index is 12.9. The lowest BCUT2D eigenvalue weighted by atomic mass is 10.3. The van der Waals surface area contributed by atoms with E-state index in [-0.39, 0.29) is 23.5 Å². The van der Waals surface area contributed by atoms with E-state index < -0.39 is 10.0 Å². The van der Waals surface area contributed by atoms with Crippen molar-refractivity contribution in [3.8, 4) is 5.75 Å². The zero-order chi connectivity index (χ0) is 17.7. The Bertz CT molecular complexity index is 676. The first kappa shape index (κ1) is 18.5. The van der Waals surface area contributed by atoms with Gasteiger partial charge in [-0.1, -0.05) is 12.1 Å². The van der Waals surface area contributed by atoms with Crippen LogP contribution in [0.5, 0.6) is 5.75 Å². The molecule has 0 unspecified atom stereocenters. The number of sulfonamides is 1. The fourth-order valence-corrected chi connectivity index (χ4v) is 4.27. The van der Waals surface area contributed by atoms with E-state index in [1.807, 2.05) is 13.8 Å². The number of carbonyl (C=O) groups is 1. The van der Waals surface area contributed by atoms with Crippen LogP contribution in [-0.4, -0.2) is 63.0 Å². The molecule has 0 spiro atoms. The van der Waals surface area contributed by atoms with Gasteiger partial charge in [-0.3, -0.25) is 0 Å². The molecule has 2 amide bonds. The number of hydrogen-bond acceptors (Lipinski definition) is 4. The minimum absolute atomic E-state index is 0.0502. The third kappa shape index (κ3) is 4.18. The number of amides is 2. The molecule has 2 rings (SSSR count). The molecular formula is C16H25N3O4S. The Kier molecular flexibility index (Phi) is 6.06. The third-order valence-electron chi connectivity index (χ3n) is 3.84. The third-order valence-corrected chi connectivity index (χ3v) is 5.78. The number of methoxy groups -OCH3 is 1. The molecule has 7 nitrogen and oxygen atoms in total. The number of para-hydroxylation sites is 1. The Balaban J connectivity index is 2.14. The van der Waals surface area contributed by atoms with Crippen LogP contribution in [0.3, 0.4) is 0 Å². The molecular weight excluding hydrogens is 330 g/mol. The van der Waals surface area contributed by atoms with Crippen molar-refractivity contribution in [1.82, 2.24) is 14.5 Å². The second-order valence-corrected chi connectivity index (χ2v) is 7.91. The van der Waals surface area contributed by atoms with E-state index in [4.69, 9.17) is 4.74 Å². The van der Waals surface area contributed by atoms with Gasteiger partial charge in [0, 0.05) is 32.2 Å². The minimum atomic E-state index is -3.65. The molecule has 134 valence electrons. The van der Waals surface area contributed by atoms with Crippen LogP contribution < -0.4 is 10.1 Å². The molecule has 0 saturated carbocycles. The highest BCUT2D eigenvalue weighted by Gasteiger charge is 2.30. The van der Waals surface area contributed by atoms with Gasteiger partial charge < -0.3 is 15.0 Å². The Morgan fingerprint density at radius 2 is 1.88 bits per heavy atom. The van der Waals surface area contributed by atoms with Crippen LogP contribution in [0, 0.1) is 0 Å². The summed E-state index contributed by atoms with van der Waals surface area (Å²) in [6.45, 7) is 5.35. The number of rotatable bonds is 4. The Labute approximate surface area is 143 Å². The standard InChI is InChI=1S/C16H25N3O4S/c1-13(2)17-16(20)18-9-6-10-19(12-11-18)24(21,22)15-8-5-4-7-14(15)23-3/h4-5,7-8,13H,6,9-12H2,1-3H3,(H,17,20). The Hall–Kier alpha value is -1.80. The van der Waals surface area contributed by atoms with E-state index in [9.17, 15) is 13.2 Å². The number of nitrogens with zero attached hydrogens (tertiary/aromatic N) is 2. The van der Waals surface area contributed by atoms with Crippen molar-refractivity contribution < 1.29 is 17.9 Å². The van der Waals surface area contributed by atoms with Crippen molar-refractivity contribution in [2.24, 2.45) is 0 Å². The quantitative estimate of drug-likeness (QED) is 0.888. The smallest absolute Gasteiger partial charge is 0.317 e. The molecule has 0 aromatic heterocycles. The van der Waals surface area contributed by atoms with Crippen LogP contribution in [0.15, 0.2) is 29.2 Å². The first-order chi connectivity index (χ1) is 11.4. The molecule has 1 aromatic rings. The van der Waals surface area contributed by atoms with Crippen LogP contribution in [0.25, 0.3) is 0 Å². The van der Waals surface area contributed by atoms with E-state index >= 15 is 0 Å². The number of hydrogen-bond donors (Lipinski definition) is 1. The van der Waals surface area contributed by atoms with Gasteiger partial charge in [-0.15, -0.1) is 0 Å². The average Bonchev–Trinajstić information content (AvgIpc) is 2.80. The predicted octanol–water partition coefficient (Wildman–Crippen LogP) is 1.51. The van der Waals surface area contributed by atoms with Crippen LogP contribution in [0.4, 0.5) is 4.79 Å². The number of carbonyl (C=O) groups excluding carboxylic acids is 1. The van der Waals surface area contributed by atoms with Crippen molar-refractivity contribution in [1.29, 1.82) is 0 Å². The van der Waals surface area contributed by atoms with E-state index in [0.717, 1.165) is 0 Å². The summed E-state index contributed by atoms with van der Waals surface area (Å²) in [7, 11) is -2.20. The molecule has 1 saturated heterocycles. The van der Waals surface area contributed by atoms with E-state index in [2.05, 4.69) is 5.32 Å². The van der Waals surface area contributed by atoms with Crippen molar-refractivity contribution in [2.75, 3.05) is 33.3 Å². The molecule has 24 heavy (non-hydrogen) atoms. The van der Waals surface area contributed by atoms with Gasteiger partial charge in [-0.2, -0.15) is 4.31 Å². The van der Waals surface area contributed by atoms with E-state index in [1.165, 1.54) is 11.4 Å². The normalized spacial score (nSPS) is 16.8. The molecule has 0 radical (unpaired) electrons. The first-order valence-corrected chi connectivity index (χ1v) is 9.49. The number of nitrogens with one attached hydrogen (secondary N) is 1. The summed E-state index contributed by atoms with van der Waals surface area (Å²) in [6, 6.07) is 6.49. The summed E-state index contributed by atoms with van der Waals surface area (Å²) < 4.78 is 32.4. The Morgan fingerprint density at radius 3 is 2.54 bits per heavy atom. The average molecular weight is 355 g/mol. The van der Waals surface area contributed by atoms with Gasteiger partial charge >= 0.3 is 6.03 Å². The van der Waals surface area contributed by atoms with Gasteiger partial charge in [-0.05, 0) is 32.4 Å². The fraction of sp³-hybridized carbons (Fsp3) is 0.562. The maximum absolute atomic E-state index is 12.9. The molecule has 0 atom stereocenters. The van der Waals surface area contributed by atoms with Crippen LogP contribution >= 0.6 is 0 Å². The van der Waals surface area contributed by atoms with Gasteiger partial charge in [0.15, 0.2) is 0 Å². The van der Waals surface area contributed by atoms with Crippen molar-refractivity contribution in [2.45, 2.75) is 31.2 Å². The highest BCUT2D eigenvalue weighted by Crippen LogP contribution is 2.26. The summed E-state index contributed by atoms with van der Waals surface area (Å²) in [5.74, 6) is 0.330. The monoisotopic (exact) mass is 355 g/mol. The van der Waals surface area contributed by atoms with Crippen molar-refractivity contribution >= 4 is 16.1 Å². The summed E-state index contributed by atoms with van der Waals surface area (Å²) >= 11 is 0. The molecule has 1 aromatic carbocycles. The SMILES string of the molecule is COc1ccccc1S(=O)(=O)N1CCCN(C(=O)NC(C)C)CC1. The van der Waals surface area contributed by atoms with Crippen LogP contribution in [-0.2, 0) is 10.0 Å². The van der Waals surface area contributed by atoms with Crippen LogP contribution in [0.2, 0.25) is 0 Å². The van der Waals surface area contributed by atoms with Crippen molar-refractivity contribution in [3.05, 3.63) is 24.3 Å². The summed E-state index contributed by atoms with van der Waals surface area (Å²) in [6.07, 6.45) is 0.597. The molecule has 0 bridgehead atoms. The van der Waals surface area contributed by atoms with Gasteiger partial charge in [0.1, 0.15) is 10.6 Å². The molecule has 1 aliphatic rings. The van der Waals surface area contributed by atoms with E-state index in [0.29, 0.717) is 31.8 Å². The first-order valence-electron chi connectivity index (χ1n) is 8.05. The Morgan fingerprint density at radius 1 is 1.17 bits per heavy atom. The predicted molar refractivity (Wildman–Crippen MR) is 91.6 cm³/mol. The lowest BCUT2D eigenvalue weighted by molar-refractivity contribution is 0.198.